The van der Waals surface area contributed by atoms with E-state index in [1.54, 1.807) is 24.3 Å². The van der Waals surface area contributed by atoms with Crippen LogP contribution in [0.1, 0.15) is 32.1 Å². The molecule has 3 N–H and O–H groups in total. The van der Waals surface area contributed by atoms with Crippen LogP contribution in [0.2, 0.25) is 5.02 Å². The third-order valence-electron chi connectivity index (χ3n) is 5.72. The molecule has 1 saturated heterocycles. The van der Waals surface area contributed by atoms with E-state index in [4.69, 9.17) is 11.6 Å². The fraction of sp³-hybridized carbons (Fsp3) is 0.429. The maximum Gasteiger partial charge on any atom is 0.301 e. The minimum atomic E-state index is -3.92. The molecule has 0 bridgehead atoms. The molecule has 168 valence electrons. The number of hydrogen-bond acceptors (Lipinski definition) is 4. The lowest BCUT2D eigenvalue weighted by Gasteiger charge is -2.37. The van der Waals surface area contributed by atoms with Crippen LogP contribution in [0.15, 0.2) is 36.4 Å². The summed E-state index contributed by atoms with van der Waals surface area (Å²) in [6, 6.07) is 9.23. The molecular weight excluding hydrogens is 446 g/mol. The number of halogens is 3. The molecule has 2 aliphatic rings. The first kappa shape index (κ1) is 22.3. The van der Waals surface area contributed by atoms with Gasteiger partial charge in [0.15, 0.2) is 11.6 Å². The molecule has 10 heteroatoms. The Morgan fingerprint density at radius 2 is 1.74 bits per heavy atom. The summed E-state index contributed by atoms with van der Waals surface area (Å²) in [5.41, 5.74) is 0.0971. The zero-order valence-corrected chi connectivity index (χ0v) is 18.4. The minimum Gasteiger partial charge on any atom is -0.352 e. The molecule has 2 aromatic rings. The van der Waals surface area contributed by atoms with Crippen molar-refractivity contribution < 1.29 is 17.2 Å². The van der Waals surface area contributed by atoms with Crippen LogP contribution in [-0.4, -0.2) is 37.9 Å². The fourth-order valence-electron chi connectivity index (χ4n) is 3.87. The van der Waals surface area contributed by atoms with Gasteiger partial charge in [0.1, 0.15) is 0 Å². The highest BCUT2D eigenvalue weighted by Crippen LogP contribution is 2.30. The molecule has 1 heterocycles. The standard InChI is InChI=1S/C21H25ClF2N4O2S/c22-17-8-1-2-9-19(17)26-20-12-16(11-18(23)21(20)24)27-31(29,30)28-10-4-7-15(13-28)25-14-5-3-6-14/h1-2,8-9,11-12,14-15,25-27H,3-7,10,13H2. The van der Waals surface area contributed by atoms with E-state index in [-0.39, 0.29) is 17.4 Å². The quantitative estimate of drug-likeness (QED) is 0.552. The first-order valence-corrected chi connectivity index (χ1v) is 12.2. The van der Waals surface area contributed by atoms with Gasteiger partial charge in [-0.25, -0.2) is 8.78 Å². The van der Waals surface area contributed by atoms with Gasteiger partial charge in [-0.1, -0.05) is 30.2 Å². The molecule has 1 aliphatic heterocycles. The van der Waals surface area contributed by atoms with Crippen LogP contribution in [0.4, 0.5) is 25.8 Å². The highest BCUT2D eigenvalue weighted by Gasteiger charge is 2.31. The Labute approximate surface area is 186 Å². The van der Waals surface area contributed by atoms with E-state index in [1.165, 1.54) is 16.8 Å². The van der Waals surface area contributed by atoms with Gasteiger partial charge < -0.3 is 10.6 Å². The summed E-state index contributed by atoms with van der Waals surface area (Å²) in [6.07, 6.45) is 5.10. The van der Waals surface area contributed by atoms with Crippen LogP contribution >= 0.6 is 11.6 Å². The Balaban J connectivity index is 1.49. The second-order valence-corrected chi connectivity index (χ2v) is 10.1. The number of piperidine rings is 1. The van der Waals surface area contributed by atoms with Gasteiger partial charge in [-0.3, -0.25) is 4.72 Å². The first-order valence-electron chi connectivity index (χ1n) is 10.4. The molecule has 2 fully saturated rings. The third kappa shape index (κ3) is 5.28. The second kappa shape index (κ2) is 9.28. The Bertz CT molecular complexity index is 1050. The van der Waals surface area contributed by atoms with E-state index < -0.39 is 21.8 Å². The summed E-state index contributed by atoms with van der Waals surface area (Å²) in [5.74, 6) is -2.29. The van der Waals surface area contributed by atoms with E-state index in [9.17, 15) is 17.2 Å². The van der Waals surface area contributed by atoms with Crippen molar-refractivity contribution in [1.82, 2.24) is 9.62 Å². The summed E-state index contributed by atoms with van der Waals surface area (Å²) in [5, 5.41) is 6.56. The molecule has 2 aromatic carbocycles. The molecule has 1 saturated carbocycles. The molecule has 0 aromatic heterocycles. The van der Waals surface area contributed by atoms with Gasteiger partial charge >= 0.3 is 10.2 Å². The number of hydrogen-bond donors (Lipinski definition) is 3. The monoisotopic (exact) mass is 470 g/mol. The smallest absolute Gasteiger partial charge is 0.301 e. The van der Waals surface area contributed by atoms with Crippen molar-refractivity contribution >= 4 is 38.9 Å². The summed E-state index contributed by atoms with van der Waals surface area (Å²) >= 11 is 6.08. The SMILES string of the molecule is O=S(=O)(Nc1cc(F)c(F)c(Nc2ccccc2Cl)c1)N1CCCC(NC2CCC2)C1. The van der Waals surface area contributed by atoms with Crippen LogP contribution in [-0.2, 0) is 10.2 Å². The van der Waals surface area contributed by atoms with Gasteiger partial charge in [-0.15, -0.1) is 0 Å². The number of benzene rings is 2. The molecule has 0 amide bonds. The van der Waals surface area contributed by atoms with Gasteiger partial charge in [0, 0.05) is 31.2 Å². The van der Waals surface area contributed by atoms with Gasteiger partial charge in [0.05, 0.1) is 22.1 Å². The second-order valence-electron chi connectivity index (χ2n) is 8.02. The number of rotatable bonds is 7. The molecule has 1 unspecified atom stereocenters. The summed E-state index contributed by atoms with van der Waals surface area (Å²) in [7, 11) is -3.92. The lowest BCUT2D eigenvalue weighted by Crippen LogP contribution is -2.53. The van der Waals surface area contributed by atoms with Crippen LogP contribution in [0.25, 0.3) is 0 Å². The van der Waals surface area contributed by atoms with Crippen molar-refractivity contribution in [3.05, 3.63) is 53.1 Å². The van der Waals surface area contributed by atoms with Crippen LogP contribution in [0, 0.1) is 11.6 Å². The number of anilines is 3. The topological polar surface area (TPSA) is 73.5 Å². The maximum absolute atomic E-state index is 14.3. The number of nitrogens with one attached hydrogen (secondary N) is 3. The van der Waals surface area contributed by atoms with E-state index in [0.29, 0.717) is 29.8 Å². The van der Waals surface area contributed by atoms with Gasteiger partial charge in [-0.2, -0.15) is 12.7 Å². The van der Waals surface area contributed by atoms with Gasteiger partial charge in [0.25, 0.3) is 0 Å². The molecule has 0 spiro atoms. The van der Waals surface area contributed by atoms with E-state index in [2.05, 4.69) is 15.4 Å². The highest BCUT2D eigenvalue weighted by molar-refractivity contribution is 7.90. The molecule has 6 nitrogen and oxygen atoms in total. The molecule has 31 heavy (non-hydrogen) atoms. The lowest BCUT2D eigenvalue weighted by molar-refractivity contribution is 0.231. The van der Waals surface area contributed by atoms with E-state index in [1.807, 2.05) is 0 Å². The highest BCUT2D eigenvalue weighted by atomic mass is 35.5. The zero-order chi connectivity index (χ0) is 22.0. The lowest BCUT2D eigenvalue weighted by atomic mass is 9.91. The van der Waals surface area contributed by atoms with E-state index >= 15 is 0 Å². The van der Waals surface area contributed by atoms with Crippen molar-refractivity contribution in [3.8, 4) is 0 Å². The molecular formula is C21H25ClF2N4O2S. The Morgan fingerprint density at radius 1 is 1.00 bits per heavy atom. The summed E-state index contributed by atoms with van der Waals surface area (Å²) < 4.78 is 58.1. The fourth-order valence-corrected chi connectivity index (χ4v) is 5.34. The third-order valence-corrected chi connectivity index (χ3v) is 7.55. The normalized spacial score (nSPS) is 20.3. The minimum absolute atomic E-state index is 0.0671. The van der Waals surface area contributed by atoms with Gasteiger partial charge in [0.2, 0.25) is 0 Å². The van der Waals surface area contributed by atoms with Crippen molar-refractivity contribution in [3.63, 3.8) is 0 Å². The predicted octanol–water partition coefficient (Wildman–Crippen LogP) is 4.63. The average Bonchev–Trinajstić information content (AvgIpc) is 2.70. The van der Waals surface area contributed by atoms with Crippen LogP contribution < -0.4 is 15.4 Å². The molecule has 1 atom stereocenters. The first-order chi connectivity index (χ1) is 14.8. The molecule has 1 aliphatic carbocycles. The predicted molar refractivity (Wildman–Crippen MR) is 119 cm³/mol. The maximum atomic E-state index is 14.3. The summed E-state index contributed by atoms with van der Waals surface area (Å²) in [6.45, 7) is 0.729. The van der Waals surface area contributed by atoms with E-state index in [0.717, 1.165) is 31.7 Å². The van der Waals surface area contributed by atoms with Crippen LogP contribution in [0.3, 0.4) is 0 Å². The number of nitrogens with zero attached hydrogens (tertiary/aromatic N) is 1. The summed E-state index contributed by atoms with van der Waals surface area (Å²) in [4.78, 5) is 0. The van der Waals surface area contributed by atoms with Crippen LogP contribution in [0.5, 0.6) is 0 Å². The van der Waals surface area contributed by atoms with Crippen molar-refractivity contribution in [1.29, 1.82) is 0 Å². The average molecular weight is 471 g/mol. The van der Waals surface area contributed by atoms with Crippen molar-refractivity contribution in [2.24, 2.45) is 0 Å². The Hall–Kier alpha value is -1.94. The Morgan fingerprint density at radius 3 is 2.45 bits per heavy atom. The van der Waals surface area contributed by atoms with Gasteiger partial charge in [-0.05, 0) is 43.9 Å². The van der Waals surface area contributed by atoms with Crippen molar-refractivity contribution in [2.45, 2.75) is 44.2 Å². The number of para-hydroxylation sites is 1. The Kier molecular flexibility index (Phi) is 6.66. The largest absolute Gasteiger partial charge is 0.352 e. The molecule has 4 rings (SSSR count). The zero-order valence-electron chi connectivity index (χ0n) is 16.9. The molecule has 0 radical (unpaired) electrons. The van der Waals surface area contributed by atoms with Crippen molar-refractivity contribution in [2.75, 3.05) is 23.1 Å².